The Kier molecular flexibility index (Phi) is 6.05. The third kappa shape index (κ3) is 4.39. The van der Waals surface area contributed by atoms with E-state index in [-0.39, 0.29) is 24.6 Å². The number of nitro benzene ring substituents is 1. The molecule has 11 heteroatoms. The minimum Gasteiger partial charge on any atom is -0.497 e. The number of rotatable bonds is 8. The SMILES string of the molecule is COCc1nn2c(c1-c1cccc(OC)c1)NC(=O)C2CC(=O)Nc1ccc([N+](=O)[O-])cc1. The number of benzene rings is 2. The number of anilines is 2. The van der Waals surface area contributed by atoms with Gasteiger partial charge in [-0.05, 0) is 29.8 Å². The molecule has 1 aromatic heterocycles. The van der Waals surface area contributed by atoms with E-state index in [9.17, 15) is 19.7 Å². The average molecular weight is 451 g/mol. The Hall–Kier alpha value is -4.25. The van der Waals surface area contributed by atoms with Crippen LogP contribution >= 0.6 is 0 Å². The van der Waals surface area contributed by atoms with Crippen LogP contribution in [0.3, 0.4) is 0 Å². The Bertz CT molecular complexity index is 1220. The molecule has 2 N–H and O–H groups in total. The summed E-state index contributed by atoms with van der Waals surface area (Å²) in [5, 5.41) is 20.8. The van der Waals surface area contributed by atoms with Crippen LogP contribution in [0.4, 0.5) is 17.2 Å². The minimum absolute atomic E-state index is 0.0832. The van der Waals surface area contributed by atoms with Crippen molar-refractivity contribution in [2.24, 2.45) is 0 Å². The summed E-state index contributed by atoms with van der Waals surface area (Å²) in [6, 6.07) is 11.9. The minimum atomic E-state index is -0.854. The standard InChI is InChI=1S/C22H21N5O6/c1-32-12-17-20(13-4-3-5-16(10-13)33-2)21-24-22(29)18(26(21)25-17)11-19(28)23-14-6-8-15(9-7-14)27(30)31/h3-10,18H,11-12H2,1-2H3,(H,23,28)(H,24,29). The van der Waals surface area contributed by atoms with Crippen LogP contribution in [-0.2, 0) is 20.9 Å². The Morgan fingerprint density at radius 3 is 2.67 bits per heavy atom. The molecule has 0 saturated carbocycles. The summed E-state index contributed by atoms with van der Waals surface area (Å²) in [5.74, 6) is 0.348. The summed E-state index contributed by atoms with van der Waals surface area (Å²) >= 11 is 0. The van der Waals surface area contributed by atoms with E-state index in [2.05, 4.69) is 15.7 Å². The van der Waals surface area contributed by atoms with Crippen LogP contribution in [0, 0.1) is 10.1 Å². The van der Waals surface area contributed by atoms with Gasteiger partial charge in [0, 0.05) is 24.9 Å². The second kappa shape index (κ2) is 9.09. The predicted molar refractivity (Wildman–Crippen MR) is 119 cm³/mol. The van der Waals surface area contributed by atoms with Gasteiger partial charge in [-0.15, -0.1) is 0 Å². The molecule has 4 rings (SSSR count). The molecule has 0 radical (unpaired) electrons. The summed E-state index contributed by atoms with van der Waals surface area (Å²) in [4.78, 5) is 35.6. The highest BCUT2D eigenvalue weighted by atomic mass is 16.6. The van der Waals surface area contributed by atoms with Gasteiger partial charge in [-0.1, -0.05) is 12.1 Å². The number of fused-ring (bicyclic) bond motifs is 1. The average Bonchev–Trinajstić information content (AvgIpc) is 3.29. The first kappa shape index (κ1) is 22.0. The maximum Gasteiger partial charge on any atom is 0.269 e. The number of carbonyl (C=O) groups excluding carboxylic acids is 2. The monoisotopic (exact) mass is 451 g/mol. The number of nitro groups is 1. The molecule has 0 aliphatic carbocycles. The topological polar surface area (TPSA) is 138 Å². The lowest BCUT2D eigenvalue weighted by atomic mass is 10.1. The molecule has 11 nitrogen and oxygen atoms in total. The number of nitrogens with one attached hydrogen (secondary N) is 2. The number of aromatic nitrogens is 2. The molecule has 2 heterocycles. The van der Waals surface area contributed by atoms with E-state index >= 15 is 0 Å². The predicted octanol–water partition coefficient (Wildman–Crippen LogP) is 3.14. The van der Waals surface area contributed by atoms with Gasteiger partial charge in [-0.3, -0.25) is 19.7 Å². The summed E-state index contributed by atoms with van der Waals surface area (Å²) in [6.07, 6.45) is -0.165. The Morgan fingerprint density at radius 1 is 1.24 bits per heavy atom. The van der Waals surface area contributed by atoms with Crippen LogP contribution in [0.5, 0.6) is 5.75 Å². The van der Waals surface area contributed by atoms with Gasteiger partial charge >= 0.3 is 0 Å². The van der Waals surface area contributed by atoms with Crippen molar-refractivity contribution in [2.45, 2.75) is 19.1 Å². The van der Waals surface area contributed by atoms with Crippen LogP contribution in [0.15, 0.2) is 48.5 Å². The third-order valence-electron chi connectivity index (χ3n) is 5.20. The van der Waals surface area contributed by atoms with E-state index in [4.69, 9.17) is 9.47 Å². The molecule has 1 aliphatic rings. The summed E-state index contributed by atoms with van der Waals surface area (Å²) in [7, 11) is 3.12. The van der Waals surface area contributed by atoms with Gasteiger partial charge in [0.05, 0.1) is 36.3 Å². The van der Waals surface area contributed by atoms with E-state index in [0.29, 0.717) is 28.5 Å². The molecule has 0 spiro atoms. The van der Waals surface area contributed by atoms with E-state index in [0.717, 1.165) is 5.56 Å². The van der Waals surface area contributed by atoms with Gasteiger partial charge in [-0.2, -0.15) is 5.10 Å². The Balaban J connectivity index is 1.59. The number of methoxy groups -OCH3 is 2. The van der Waals surface area contributed by atoms with Crippen molar-refractivity contribution in [3.8, 4) is 16.9 Å². The Labute approximate surface area is 188 Å². The fourth-order valence-electron chi connectivity index (χ4n) is 3.69. The highest BCUT2D eigenvalue weighted by Crippen LogP contribution is 2.39. The smallest absolute Gasteiger partial charge is 0.269 e. The number of non-ortho nitro benzene ring substituents is 1. The van der Waals surface area contributed by atoms with Crippen LogP contribution in [0.1, 0.15) is 18.2 Å². The lowest BCUT2D eigenvalue weighted by Crippen LogP contribution is -2.24. The summed E-state index contributed by atoms with van der Waals surface area (Å²) in [5.41, 5.74) is 2.41. The molecule has 170 valence electrons. The first-order valence-electron chi connectivity index (χ1n) is 10.0. The van der Waals surface area contributed by atoms with Crippen molar-refractivity contribution in [3.63, 3.8) is 0 Å². The quantitative estimate of drug-likeness (QED) is 0.396. The second-order valence-corrected chi connectivity index (χ2v) is 7.34. The number of hydrogen-bond donors (Lipinski definition) is 2. The zero-order valence-electron chi connectivity index (χ0n) is 17.9. The second-order valence-electron chi connectivity index (χ2n) is 7.34. The summed E-state index contributed by atoms with van der Waals surface area (Å²) in [6.45, 7) is 0.212. The van der Waals surface area contributed by atoms with Crippen molar-refractivity contribution in [3.05, 3.63) is 64.3 Å². The fraction of sp³-hybridized carbons (Fsp3) is 0.227. The van der Waals surface area contributed by atoms with Gasteiger partial charge in [-0.25, -0.2) is 4.68 Å². The van der Waals surface area contributed by atoms with Crippen molar-refractivity contribution in [1.29, 1.82) is 0 Å². The molecule has 0 bridgehead atoms. The molecule has 1 unspecified atom stereocenters. The van der Waals surface area contributed by atoms with E-state index in [1.54, 1.807) is 14.2 Å². The molecule has 33 heavy (non-hydrogen) atoms. The van der Waals surface area contributed by atoms with Gasteiger partial charge in [0.2, 0.25) is 5.91 Å². The molecule has 2 amide bonds. The van der Waals surface area contributed by atoms with Crippen LogP contribution < -0.4 is 15.4 Å². The largest absolute Gasteiger partial charge is 0.497 e. The first-order valence-corrected chi connectivity index (χ1v) is 10.0. The zero-order chi connectivity index (χ0) is 23.5. The number of amides is 2. The molecule has 2 aromatic carbocycles. The maximum atomic E-state index is 12.7. The van der Waals surface area contributed by atoms with Crippen molar-refractivity contribution in [2.75, 3.05) is 24.9 Å². The number of hydrogen-bond acceptors (Lipinski definition) is 7. The van der Waals surface area contributed by atoms with Crippen LogP contribution in [0.25, 0.3) is 11.1 Å². The molecule has 1 aliphatic heterocycles. The molecule has 3 aromatic rings. The number of ether oxygens (including phenoxy) is 2. The van der Waals surface area contributed by atoms with Crippen molar-refractivity contribution < 1.29 is 24.0 Å². The van der Waals surface area contributed by atoms with Gasteiger partial charge in [0.1, 0.15) is 17.6 Å². The lowest BCUT2D eigenvalue weighted by Gasteiger charge is -2.10. The van der Waals surface area contributed by atoms with Gasteiger partial charge in [0.25, 0.3) is 11.6 Å². The number of nitrogens with zero attached hydrogens (tertiary/aromatic N) is 3. The number of carbonyl (C=O) groups is 2. The van der Waals surface area contributed by atoms with Crippen molar-refractivity contribution in [1.82, 2.24) is 9.78 Å². The van der Waals surface area contributed by atoms with Crippen molar-refractivity contribution >= 4 is 29.0 Å². The molecule has 1 atom stereocenters. The zero-order valence-corrected chi connectivity index (χ0v) is 17.9. The molecular formula is C22H21N5O6. The Morgan fingerprint density at radius 2 is 2.00 bits per heavy atom. The maximum absolute atomic E-state index is 12.7. The first-order chi connectivity index (χ1) is 15.9. The van der Waals surface area contributed by atoms with E-state index in [1.165, 1.54) is 28.9 Å². The molecular weight excluding hydrogens is 430 g/mol. The molecule has 0 fully saturated rings. The highest BCUT2D eigenvalue weighted by molar-refractivity contribution is 6.04. The fourth-order valence-corrected chi connectivity index (χ4v) is 3.69. The summed E-state index contributed by atoms with van der Waals surface area (Å²) < 4.78 is 12.1. The van der Waals surface area contributed by atoms with Gasteiger partial charge in [0.15, 0.2) is 0 Å². The highest BCUT2D eigenvalue weighted by Gasteiger charge is 2.37. The van der Waals surface area contributed by atoms with Crippen LogP contribution in [-0.4, -0.2) is 40.7 Å². The van der Waals surface area contributed by atoms with Gasteiger partial charge < -0.3 is 20.1 Å². The van der Waals surface area contributed by atoms with E-state index in [1.807, 2.05) is 24.3 Å². The van der Waals surface area contributed by atoms with Crippen LogP contribution in [0.2, 0.25) is 0 Å². The van der Waals surface area contributed by atoms with E-state index < -0.39 is 16.9 Å². The lowest BCUT2D eigenvalue weighted by molar-refractivity contribution is -0.384. The molecule has 0 saturated heterocycles. The third-order valence-corrected chi connectivity index (χ3v) is 5.20. The normalized spacial score (nSPS) is 14.5.